The number of rotatable bonds is 3. The predicted molar refractivity (Wildman–Crippen MR) is 77.5 cm³/mol. The van der Waals surface area contributed by atoms with Gasteiger partial charge in [-0.25, -0.2) is 0 Å². The second-order valence-corrected chi connectivity index (χ2v) is 5.33. The van der Waals surface area contributed by atoms with Gasteiger partial charge in [-0.2, -0.15) is 5.10 Å². The first-order valence-corrected chi connectivity index (χ1v) is 6.88. The van der Waals surface area contributed by atoms with Gasteiger partial charge in [-0.3, -0.25) is 4.68 Å². The fraction of sp³-hybridized carbons (Fsp3) is 0.357. The average Bonchev–Trinajstić information content (AvgIpc) is 2.70. The van der Waals surface area contributed by atoms with Crippen LogP contribution in [0.5, 0.6) is 0 Å². The molecule has 0 saturated carbocycles. The van der Waals surface area contributed by atoms with E-state index in [2.05, 4.69) is 60.0 Å². The van der Waals surface area contributed by atoms with E-state index in [1.54, 1.807) is 0 Å². The summed E-state index contributed by atoms with van der Waals surface area (Å²) in [6, 6.07) is 6.11. The van der Waals surface area contributed by atoms with Crippen LogP contribution in [-0.2, 0) is 6.54 Å². The van der Waals surface area contributed by atoms with Crippen molar-refractivity contribution in [3.8, 4) is 0 Å². The molecule has 2 N–H and O–H groups in total. The van der Waals surface area contributed by atoms with E-state index < -0.39 is 0 Å². The zero-order valence-corrected chi connectivity index (χ0v) is 12.5. The van der Waals surface area contributed by atoms with Gasteiger partial charge in [-0.1, -0.05) is 18.2 Å². The Morgan fingerprint density at radius 2 is 1.94 bits per heavy atom. The molecule has 1 aromatic carbocycles. The van der Waals surface area contributed by atoms with Gasteiger partial charge < -0.3 is 5.73 Å². The van der Waals surface area contributed by atoms with Gasteiger partial charge in [-0.05, 0) is 53.4 Å². The Morgan fingerprint density at radius 3 is 2.50 bits per heavy atom. The maximum atomic E-state index is 6.45. The topological polar surface area (TPSA) is 43.8 Å². The fourth-order valence-corrected chi connectivity index (χ4v) is 2.93. The number of benzene rings is 1. The van der Waals surface area contributed by atoms with Crippen LogP contribution in [0.3, 0.4) is 0 Å². The normalized spacial score (nSPS) is 12.7. The van der Waals surface area contributed by atoms with Gasteiger partial charge in [0.25, 0.3) is 0 Å². The van der Waals surface area contributed by atoms with Crippen LogP contribution in [0.1, 0.15) is 35.3 Å². The molecule has 0 radical (unpaired) electrons. The van der Waals surface area contributed by atoms with E-state index in [9.17, 15) is 0 Å². The van der Waals surface area contributed by atoms with Crippen LogP contribution >= 0.6 is 15.9 Å². The Labute approximate surface area is 116 Å². The molecule has 0 aliphatic rings. The third kappa shape index (κ3) is 2.22. The third-order valence-electron chi connectivity index (χ3n) is 3.28. The zero-order chi connectivity index (χ0) is 13.3. The first kappa shape index (κ1) is 13.3. The van der Waals surface area contributed by atoms with Crippen LogP contribution < -0.4 is 5.73 Å². The Bertz CT molecular complexity index is 540. The molecule has 0 aliphatic heterocycles. The van der Waals surface area contributed by atoms with E-state index >= 15 is 0 Å². The van der Waals surface area contributed by atoms with Crippen molar-refractivity contribution in [1.29, 1.82) is 0 Å². The standard InChI is InChI=1S/C14H18BrN3/c1-4-18-14(11(15)8-17-18)13(16)12-9(2)6-5-7-10(12)3/h5-8,13H,4,16H2,1-3H3. The Balaban J connectivity index is 2.54. The van der Waals surface area contributed by atoms with E-state index in [4.69, 9.17) is 5.73 Å². The van der Waals surface area contributed by atoms with Crippen molar-refractivity contribution in [3.63, 3.8) is 0 Å². The highest BCUT2D eigenvalue weighted by Gasteiger charge is 2.20. The highest BCUT2D eigenvalue weighted by atomic mass is 79.9. The van der Waals surface area contributed by atoms with E-state index in [0.29, 0.717) is 0 Å². The molecule has 3 nitrogen and oxygen atoms in total. The van der Waals surface area contributed by atoms with E-state index in [0.717, 1.165) is 16.7 Å². The lowest BCUT2D eigenvalue weighted by atomic mass is 9.95. The van der Waals surface area contributed by atoms with Gasteiger partial charge in [-0.15, -0.1) is 0 Å². The highest BCUT2D eigenvalue weighted by molar-refractivity contribution is 9.10. The van der Waals surface area contributed by atoms with Crippen LogP contribution in [0.15, 0.2) is 28.9 Å². The molecular weight excluding hydrogens is 290 g/mol. The molecular formula is C14H18BrN3. The predicted octanol–water partition coefficient (Wildman–Crippen LogP) is 3.33. The monoisotopic (exact) mass is 307 g/mol. The van der Waals surface area contributed by atoms with Crippen molar-refractivity contribution in [3.05, 3.63) is 51.3 Å². The number of aromatic nitrogens is 2. The SMILES string of the molecule is CCn1ncc(Br)c1C(N)c1c(C)cccc1C. The molecule has 0 saturated heterocycles. The maximum Gasteiger partial charge on any atom is 0.0739 e. The van der Waals surface area contributed by atoms with Gasteiger partial charge in [0.05, 0.1) is 22.4 Å². The maximum absolute atomic E-state index is 6.45. The van der Waals surface area contributed by atoms with Crippen molar-refractivity contribution < 1.29 is 0 Å². The molecule has 1 unspecified atom stereocenters. The van der Waals surface area contributed by atoms with Crippen molar-refractivity contribution in [2.75, 3.05) is 0 Å². The van der Waals surface area contributed by atoms with Gasteiger partial charge in [0.15, 0.2) is 0 Å². The van der Waals surface area contributed by atoms with E-state index in [1.807, 2.05) is 10.9 Å². The molecule has 1 heterocycles. The number of nitrogens with zero attached hydrogens (tertiary/aromatic N) is 2. The quantitative estimate of drug-likeness (QED) is 0.945. The van der Waals surface area contributed by atoms with Crippen LogP contribution in [-0.4, -0.2) is 9.78 Å². The van der Waals surface area contributed by atoms with Crippen molar-refractivity contribution in [1.82, 2.24) is 9.78 Å². The minimum Gasteiger partial charge on any atom is -0.319 e. The van der Waals surface area contributed by atoms with Crippen LogP contribution in [0.25, 0.3) is 0 Å². The molecule has 0 fully saturated rings. The summed E-state index contributed by atoms with van der Waals surface area (Å²) >= 11 is 3.54. The molecule has 1 aromatic heterocycles. The summed E-state index contributed by atoms with van der Waals surface area (Å²) in [5.41, 5.74) is 11.1. The minimum atomic E-state index is -0.150. The van der Waals surface area contributed by atoms with E-state index in [-0.39, 0.29) is 6.04 Å². The second kappa shape index (κ2) is 5.24. The summed E-state index contributed by atoms with van der Waals surface area (Å²) < 4.78 is 2.92. The van der Waals surface area contributed by atoms with E-state index in [1.165, 1.54) is 16.7 Å². The van der Waals surface area contributed by atoms with Gasteiger partial charge in [0.1, 0.15) is 0 Å². The number of halogens is 1. The summed E-state index contributed by atoms with van der Waals surface area (Å²) in [6.45, 7) is 7.09. The number of nitrogens with two attached hydrogens (primary N) is 1. The molecule has 96 valence electrons. The zero-order valence-electron chi connectivity index (χ0n) is 10.9. The molecule has 0 spiro atoms. The lowest BCUT2D eigenvalue weighted by molar-refractivity contribution is 0.598. The molecule has 2 aromatic rings. The number of aryl methyl sites for hydroxylation is 3. The number of hydrogen-bond acceptors (Lipinski definition) is 2. The third-order valence-corrected chi connectivity index (χ3v) is 3.89. The first-order chi connectivity index (χ1) is 8.56. The summed E-state index contributed by atoms with van der Waals surface area (Å²) in [4.78, 5) is 0. The Hall–Kier alpha value is -1.13. The molecule has 0 bridgehead atoms. The lowest BCUT2D eigenvalue weighted by Crippen LogP contribution is -2.19. The van der Waals surface area contributed by atoms with Crippen LogP contribution in [0.2, 0.25) is 0 Å². The largest absolute Gasteiger partial charge is 0.319 e. The van der Waals surface area contributed by atoms with Gasteiger partial charge in [0, 0.05) is 6.54 Å². The molecule has 4 heteroatoms. The lowest BCUT2D eigenvalue weighted by Gasteiger charge is -2.19. The molecule has 0 aliphatic carbocycles. The molecule has 18 heavy (non-hydrogen) atoms. The highest BCUT2D eigenvalue weighted by Crippen LogP contribution is 2.30. The Kier molecular flexibility index (Phi) is 3.88. The Morgan fingerprint density at radius 1 is 1.33 bits per heavy atom. The van der Waals surface area contributed by atoms with Crippen molar-refractivity contribution in [2.45, 2.75) is 33.4 Å². The smallest absolute Gasteiger partial charge is 0.0739 e. The first-order valence-electron chi connectivity index (χ1n) is 6.09. The van der Waals surface area contributed by atoms with Crippen LogP contribution in [0, 0.1) is 13.8 Å². The van der Waals surface area contributed by atoms with Gasteiger partial charge in [0.2, 0.25) is 0 Å². The minimum absolute atomic E-state index is 0.150. The molecule has 2 rings (SSSR count). The summed E-state index contributed by atoms with van der Waals surface area (Å²) in [6.07, 6.45) is 1.81. The van der Waals surface area contributed by atoms with Gasteiger partial charge >= 0.3 is 0 Å². The van der Waals surface area contributed by atoms with Crippen molar-refractivity contribution in [2.24, 2.45) is 5.73 Å². The summed E-state index contributed by atoms with van der Waals surface area (Å²) in [5.74, 6) is 0. The summed E-state index contributed by atoms with van der Waals surface area (Å²) in [5, 5.41) is 4.33. The van der Waals surface area contributed by atoms with Crippen molar-refractivity contribution >= 4 is 15.9 Å². The fourth-order valence-electron chi connectivity index (χ4n) is 2.39. The molecule has 0 amide bonds. The second-order valence-electron chi connectivity index (χ2n) is 4.48. The average molecular weight is 308 g/mol. The molecule has 1 atom stereocenters. The number of hydrogen-bond donors (Lipinski definition) is 1. The summed E-state index contributed by atoms with van der Waals surface area (Å²) in [7, 11) is 0. The van der Waals surface area contributed by atoms with Crippen LogP contribution in [0.4, 0.5) is 0 Å².